The predicted molar refractivity (Wildman–Crippen MR) is 85.7 cm³/mol. The Morgan fingerprint density at radius 1 is 1.19 bits per heavy atom. The van der Waals surface area contributed by atoms with Crippen LogP contribution in [0.2, 0.25) is 0 Å². The Morgan fingerprint density at radius 2 is 2.00 bits per heavy atom. The molecule has 2 aromatic rings. The van der Waals surface area contributed by atoms with Gasteiger partial charge in [-0.25, -0.2) is 0 Å². The van der Waals surface area contributed by atoms with Gasteiger partial charge in [0.25, 0.3) is 0 Å². The lowest BCUT2D eigenvalue weighted by atomic mass is 10.2. The molecule has 0 atom stereocenters. The van der Waals surface area contributed by atoms with Crippen LogP contribution < -0.4 is 10.1 Å². The second kappa shape index (κ2) is 7.96. The van der Waals surface area contributed by atoms with Crippen molar-refractivity contribution in [3.8, 4) is 5.75 Å². The van der Waals surface area contributed by atoms with Crippen molar-refractivity contribution in [1.82, 2.24) is 10.3 Å². The van der Waals surface area contributed by atoms with Crippen molar-refractivity contribution in [3.05, 3.63) is 36.0 Å². The van der Waals surface area contributed by atoms with Crippen LogP contribution in [0.4, 0.5) is 0 Å². The molecule has 0 spiro atoms. The van der Waals surface area contributed by atoms with Crippen LogP contribution in [0.25, 0.3) is 10.9 Å². The van der Waals surface area contributed by atoms with Gasteiger partial charge in [0.1, 0.15) is 12.4 Å². The molecule has 0 radical (unpaired) electrons. The largest absolute Gasteiger partial charge is 0.490 e. The van der Waals surface area contributed by atoms with Crippen molar-refractivity contribution in [1.29, 1.82) is 0 Å². The number of ether oxygens (including phenoxy) is 2. The van der Waals surface area contributed by atoms with E-state index in [1.807, 2.05) is 44.2 Å². The van der Waals surface area contributed by atoms with E-state index in [4.69, 9.17) is 9.47 Å². The molecule has 114 valence electrons. The third-order valence-corrected chi connectivity index (χ3v) is 3.08. The Balaban J connectivity index is 2.14. The lowest BCUT2D eigenvalue weighted by Gasteiger charge is -2.13. The molecule has 0 bridgehead atoms. The first-order valence-electron chi connectivity index (χ1n) is 7.54. The van der Waals surface area contributed by atoms with E-state index in [0.717, 1.165) is 35.4 Å². The molecule has 1 N–H and O–H groups in total. The van der Waals surface area contributed by atoms with Gasteiger partial charge in [-0.15, -0.1) is 0 Å². The average molecular weight is 288 g/mol. The van der Waals surface area contributed by atoms with Crippen LogP contribution in [0.5, 0.6) is 5.75 Å². The smallest absolute Gasteiger partial charge is 0.130 e. The van der Waals surface area contributed by atoms with E-state index in [1.165, 1.54) is 0 Å². The lowest BCUT2D eigenvalue weighted by molar-refractivity contribution is 0.0556. The quantitative estimate of drug-likeness (QED) is 0.758. The number of rotatable bonds is 8. The molecule has 1 heterocycles. The summed E-state index contributed by atoms with van der Waals surface area (Å²) in [5.74, 6) is 0.876. The third kappa shape index (κ3) is 4.69. The summed E-state index contributed by atoms with van der Waals surface area (Å²) in [6.07, 6.45) is 0.229. The standard InChI is InChI=1S/C17H24N2O2/c1-4-18-12-14-11-17(21-10-9-20-13(2)3)15-7-5-6-8-16(15)19-14/h5-8,11,13,18H,4,9-10,12H2,1-3H3. The Hall–Kier alpha value is -1.65. The maximum atomic E-state index is 5.90. The molecular weight excluding hydrogens is 264 g/mol. The van der Waals surface area contributed by atoms with Crippen molar-refractivity contribution in [2.75, 3.05) is 19.8 Å². The number of hydrogen-bond donors (Lipinski definition) is 1. The molecule has 1 aromatic carbocycles. The maximum absolute atomic E-state index is 5.90. The summed E-state index contributed by atoms with van der Waals surface area (Å²) in [6.45, 7) is 8.95. The van der Waals surface area contributed by atoms with Gasteiger partial charge in [0.05, 0.1) is 23.9 Å². The Bertz CT molecular complexity index is 570. The molecule has 21 heavy (non-hydrogen) atoms. The Morgan fingerprint density at radius 3 is 2.76 bits per heavy atom. The number of aromatic nitrogens is 1. The molecule has 0 aliphatic carbocycles. The van der Waals surface area contributed by atoms with Gasteiger partial charge in [-0.3, -0.25) is 4.98 Å². The van der Waals surface area contributed by atoms with Gasteiger partial charge in [-0.05, 0) is 32.5 Å². The summed E-state index contributed by atoms with van der Waals surface area (Å²) in [6, 6.07) is 10.1. The maximum Gasteiger partial charge on any atom is 0.130 e. The van der Waals surface area contributed by atoms with Crippen LogP contribution >= 0.6 is 0 Å². The minimum Gasteiger partial charge on any atom is -0.490 e. The van der Waals surface area contributed by atoms with E-state index >= 15 is 0 Å². The molecule has 2 rings (SSSR count). The predicted octanol–water partition coefficient (Wildman–Crippen LogP) is 3.15. The molecule has 0 aliphatic heterocycles. The van der Waals surface area contributed by atoms with Crippen LogP contribution in [0, 0.1) is 0 Å². The topological polar surface area (TPSA) is 43.4 Å². The SMILES string of the molecule is CCNCc1cc(OCCOC(C)C)c2ccccc2n1. The van der Waals surface area contributed by atoms with E-state index in [0.29, 0.717) is 13.2 Å². The van der Waals surface area contributed by atoms with E-state index in [9.17, 15) is 0 Å². The summed E-state index contributed by atoms with van der Waals surface area (Å²) < 4.78 is 11.4. The summed E-state index contributed by atoms with van der Waals surface area (Å²) in [7, 11) is 0. The number of pyridine rings is 1. The lowest BCUT2D eigenvalue weighted by Crippen LogP contribution is -2.14. The van der Waals surface area contributed by atoms with Crippen molar-refractivity contribution >= 4 is 10.9 Å². The average Bonchev–Trinajstić information content (AvgIpc) is 2.49. The first-order chi connectivity index (χ1) is 10.2. The molecule has 0 amide bonds. The second-order valence-corrected chi connectivity index (χ2v) is 5.18. The van der Waals surface area contributed by atoms with E-state index in [-0.39, 0.29) is 6.10 Å². The monoisotopic (exact) mass is 288 g/mol. The second-order valence-electron chi connectivity index (χ2n) is 5.18. The number of nitrogens with zero attached hydrogens (tertiary/aromatic N) is 1. The molecule has 1 aromatic heterocycles. The Kier molecular flexibility index (Phi) is 5.96. The number of fused-ring (bicyclic) bond motifs is 1. The fourth-order valence-electron chi connectivity index (χ4n) is 2.09. The minimum absolute atomic E-state index is 0.229. The summed E-state index contributed by atoms with van der Waals surface area (Å²) >= 11 is 0. The van der Waals surface area contributed by atoms with Crippen LogP contribution in [-0.2, 0) is 11.3 Å². The van der Waals surface area contributed by atoms with Crippen LogP contribution in [0.15, 0.2) is 30.3 Å². The third-order valence-electron chi connectivity index (χ3n) is 3.08. The number of para-hydroxylation sites is 1. The Labute approximate surface area is 126 Å². The number of benzene rings is 1. The van der Waals surface area contributed by atoms with Crippen molar-refractivity contribution in [2.45, 2.75) is 33.4 Å². The molecule has 0 aliphatic rings. The molecule has 0 saturated carbocycles. The van der Waals surface area contributed by atoms with Gasteiger partial charge in [-0.1, -0.05) is 19.1 Å². The van der Waals surface area contributed by atoms with Gasteiger partial charge in [0.15, 0.2) is 0 Å². The van der Waals surface area contributed by atoms with Crippen molar-refractivity contribution < 1.29 is 9.47 Å². The molecule has 0 unspecified atom stereocenters. The molecular formula is C17H24N2O2. The minimum atomic E-state index is 0.229. The summed E-state index contributed by atoms with van der Waals surface area (Å²) in [4.78, 5) is 4.66. The number of hydrogen-bond acceptors (Lipinski definition) is 4. The highest BCUT2D eigenvalue weighted by atomic mass is 16.5. The fourth-order valence-corrected chi connectivity index (χ4v) is 2.09. The molecule has 4 nitrogen and oxygen atoms in total. The van der Waals surface area contributed by atoms with Crippen LogP contribution in [0.1, 0.15) is 26.5 Å². The van der Waals surface area contributed by atoms with E-state index in [2.05, 4.69) is 17.2 Å². The zero-order valence-electron chi connectivity index (χ0n) is 13.1. The molecule has 0 fully saturated rings. The van der Waals surface area contributed by atoms with Crippen molar-refractivity contribution in [2.24, 2.45) is 0 Å². The van der Waals surface area contributed by atoms with E-state index < -0.39 is 0 Å². The van der Waals surface area contributed by atoms with Crippen LogP contribution in [-0.4, -0.2) is 30.8 Å². The zero-order valence-corrected chi connectivity index (χ0v) is 13.1. The normalized spacial score (nSPS) is 11.2. The van der Waals surface area contributed by atoms with Crippen molar-refractivity contribution in [3.63, 3.8) is 0 Å². The van der Waals surface area contributed by atoms with E-state index in [1.54, 1.807) is 0 Å². The van der Waals surface area contributed by atoms with Gasteiger partial charge in [0, 0.05) is 18.0 Å². The molecule has 0 saturated heterocycles. The highest BCUT2D eigenvalue weighted by Crippen LogP contribution is 2.25. The van der Waals surface area contributed by atoms with Gasteiger partial charge >= 0.3 is 0 Å². The van der Waals surface area contributed by atoms with Gasteiger partial charge in [0.2, 0.25) is 0 Å². The summed E-state index contributed by atoms with van der Waals surface area (Å²) in [5.41, 5.74) is 1.96. The first kappa shape index (κ1) is 15.7. The fraction of sp³-hybridized carbons (Fsp3) is 0.471. The molecule has 4 heteroatoms. The van der Waals surface area contributed by atoms with Gasteiger partial charge in [-0.2, -0.15) is 0 Å². The van der Waals surface area contributed by atoms with Crippen LogP contribution in [0.3, 0.4) is 0 Å². The highest BCUT2D eigenvalue weighted by molar-refractivity contribution is 5.85. The summed E-state index contributed by atoms with van der Waals surface area (Å²) in [5, 5.41) is 4.34. The first-order valence-corrected chi connectivity index (χ1v) is 7.54. The highest BCUT2D eigenvalue weighted by Gasteiger charge is 2.07. The zero-order chi connectivity index (χ0) is 15.1. The van der Waals surface area contributed by atoms with Gasteiger partial charge < -0.3 is 14.8 Å². The number of nitrogens with one attached hydrogen (secondary N) is 1.